The minimum atomic E-state index is -0.0823. The van der Waals surface area contributed by atoms with Crippen molar-refractivity contribution in [1.29, 1.82) is 0 Å². The lowest BCUT2D eigenvalue weighted by Gasteiger charge is -2.29. The first kappa shape index (κ1) is 20.2. The third-order valence-corrected chi connectivity index (χ3v) is 5.69. The first-order valence-corrected chi connectivity index (χ1v) is 10.8. The van der Waals surface area contributed by atoms with Gasteiger partial charge in [0.05, 0.1) is 0 Å². The van der Waals surface area contributed by atoms with Crippen LogP contribution in [0.1, 0.15) is 17.5 Å². The van der Waals surface area contributed by atoms with E-state index in [2.05, 4.69) is 16.3 Å². The number of nitrogens with zero attached hydrogens (tertiary/aromatic N) is 4. The molecular formula is C25H24N4O3. The Labute approximate surface area is 185 Å². The summed E-state index contributed by atoms with van der Waals surface area (Å²) in [5.41, 5.74) is 5.27. The number of fused-ring (bicyclic) bond motifs is 2. The highest BCUT2D eigenvalue weighted by Crippen LogP contribution is 2.28. The number of aromatic nitrogens is 3. The van der Waals surface area contributed by atoms with Crippen LogP contribution in [-0.2, 0) is 17.6 Å². The van der Waals surface area contributed by atoms with E-state index in [1.165, 1.54) is 10.4 Å². The van der Waals surface area contributed by atoms with Crippen molar-refractivity contribution in [3.63, 3.8) is 0 Å². The number of aliphatic hydroxyl groups excluding tert-OH is 1. The average Bonchev–Trinajstić information content (AvgIpc) is 3.27. The number of benzene rings is 3. The molecule has 0 fully saturated rings. The van der Waals surface area contributed by atoms with Crippen molar-refractivity contribution in [2.45, 2.75) is 19.3 Å². The van der Waals surface area contributed by atoms with E-state index in [-0.39, 0.29) is 19.1 Å². The Morgan fingerprint density at radius 2 is 1.72 bits per heavy atom. The van der Waals surface area contributed by atoms with Gasteiger partial charge in [0.1, 0.15) is 22.5 Å². The van der Waals surface area contributed by atoms with Crippen LogP contribution in [0.4, 0.5) is 5.69 Å². The van der Waals surface area contributed by atoms with E-state index in [1.54, 1.807) is 4.90 Å². The van der Waals surface area contributed by atoms with Gasteiger partial charge in [0.15, 0.2) is 6.61 Å². The van der Waals surface area contributed by atoms with Gasteiger partial charge in [-0.2, -0.15) is 0 Å². The SMILES string of the molecule is O=C(COc1ccc(CCO)cc1-n1nc2ccccc2n1)N1CCCc2ccccc21. The summed E-state index contributed by atoms with van der Waals surface area (Å²) < 4.78 is 6.00. The number of para-hydroxylation sites is 1. The number of rotatable bonds is 6. The number of hydrogen-bond acceptors (Lipinski definition) is 5. The second kappa shape index (κ2) is 8.80. The molecule has 0 spiro atoms. The third kappa shape index (κ3) is 3.94. The van der Waals surface area contributed by atoms with E-state index in [0.717, 1.165) is 35.1 Å². The highest BCUT2D eigenvalue weighted by Gasteiger charge is 2.23. The van der Waals surface area contributed by atoms with Crippen LogP contribution in [0.3, 0.4) is 0 Å². The first-order valence-electron chi connectivity index (χ1n) is 10.8. The van der Waals surface area contributed by atoms with Crippen LogP contribution in [0, 0.1) is 0 Å². The number of aliphatic hydroxyl groups is 1. The molecule has 7 nitrogen and oxygen atoms in total. The molecule has 2 heterocycles. The lowest BCUT2D eigenvalue weighted by molar-refractivity contribution is -0.120. The quantitative estimate of drug-likeness (QED) is 0.510. The zero-order valence-electron chi connectivity index (χ0n) is 17.6. The van der Waals surface area contributed by atoms with E-state index in [4.69, 9.17) is 4.74 Å². The van der Waals surface area contributed by atoms with Crippen LogP contribution in [-0.4, -0.2) is 45.8 Å². The molecule has 1 aromatic heterocycles. The summed E-state index contributed by atoms with van der Waals surface area (Å²) in [6.45, 7) is 0.649. The lowest BCUT2D eigenvalue weighted by Crippen LogP contribution is -2.38. The maximum Gasteiger partial charge on any atom is 0.264 e. The molecule has 5 rings (SSSR count). The molecule has 1 N–H and O–H groups in total. The molecule has 0 aliphatic carbocycles. The van der Waals surface area contributed by atoms with Crippen molar-refractivity contribution >= 4 is 22.6 Å². The molecule has 1 aliphatic rings. The van der Waals surface area contributed by atoms with Gasteiger partial charge in [-0.3, -0.25) is 4.79 Å². The minimum absolute atomic E-state index is 0.0427. The molecule has 1 aliphatic heterocycles. The summed E-state index contributed by atoms with van der Waals surface area (Å²) in [5.74, 6) is 0.437. The minimum Gasteiger partial charge on any atom is -0.481 e. The number of ether oxygens (including phenoxy) is 1. The standard InChI is InChI=1S/C25H24N4O3/c30-15-13-18-11-12-24(23(16-18)29-26-20-8-2-3-9-21(20)27-29)32-17-25(31)28-14-5-7-19-6-1-4-10-22(19)28/h1-4,6,8-12,16,30H,5,7,13-15,17H2. The molecular weight excluding hydrogens is 404 g/mol. The summed E-state index contributed by atoms with van der Waals surface area (Å²) in [6, 6.07) is 21.2. The maximum atomic E-state index is 13.0. The number of anilines is 1. The Morgan fingerprint density at radius 3 is 2.50 bits per heavy atom. The van der Waals surface area contributed by atoms with Crippen molar-refractivity contribution in [2.75, 3.05) is 24.7 Å². The summed E-state index contributed by atoms with van der Waals surface area (Å²) in [5, 5.41) is 18.5. The van der Waals surface area contributed by atoms with Gasteiger partial charge in [-0.15, -0.1) is 15.0 Å². The molecule has 0 saturated carbocycles. The van der Waals surface area contributed by atoms with Crippen LogP contribution >= 0.6 is 0 Å². The Morgan fingerprint density at radius 1 is 0.969 bits per heavy atom. The molecule has 4 aromatic rings. The van der Waals surface area contributed by atoms with Gasteiger partial charge >= 0.3 is 0 Å². The number of hydrogen-bond donors (Lipinski definition) is 1. The number of amides is 1. The lowest BCUT2D eigenvalue weighted by atomic mass is 10.0. The fraction of sp³-hybridized carbons (Fsp3) is 0.240. The van der Waals surface area contributed by atoms with Crippen molar-refractivity contribution in [2.24, 2.45) is 0 Å². The van der Waals surface area contributed by atoms with Crippen molar-refractivity contribution in [1.82, 2.24) is 15.0 Å². The summed E-state index contributed by atoms with van der Waals surface area (Å²) in [7, 11) is 0. The fourth-order valence-electron chi connectivity index (χ4n) is 4.10. The second-order valence-corrected chi connectivity index (χ2v) is 7.82. The number of carbonyl (C=O) groups excluding carboxylic acids is 1. The molecule has 0 unspecified atom stereocenters. The zero-order chi connectivity index (χ0) is 21.9. The fourth-order valence-corrected chi connectivity index (χ4v) is 4.10. The smallest absolute Gasteiger partial charge is 0.264 e. The number of aryl methyl sites for hydroxylation is 1. The predicted octanol–water partition coefficient (Wildman–Crippen LogP) is 3.31. The highest BCUT2D eigenvalue weighted by molar-refractivity contribution is 5.95. The molecule has 162 valence electrons. The van der Waals surface area contributed by atoms with Gasteiger partial charge in [0.2, 0.25) is 0 Å². The van der Waals surface area contributed by atoms with Crippen LogP contribution < -0.4 is 9.64 Å². The topological polar surface area (TPSA) is 80.5 Å². The van der Waals surface area contributed by atoms with Crippen molar-refractivity contribution in [3.05, 3.63) is 77.9 Å². The summed E-state index contributed by atoms with van der Waals surface area (Å²) >= 11 is 0. The van der Waals surface area contributed by atoms with E-state index >= 15 is 0 Å². The van der Waals surface area contributed by atoms with Gasteiger partial charge in [-0.1, -0.05) is 36.4 Å². The van der Waals surface area contributed by atoms with Gasteiger partial charge in [-0.25, -0.2) is 0 Å². The molecule has 32 heavy (non-hydrogen) atoms. The van der Waals surface area contributed by atoms with Gasteiger partial charge in [0.25, 0.3) is 5.91 Å². The van der Waals surface area contributed by atoms with Crippen molar-refractivity contribution < 1.29 is 14.6 Å². The molecule has 7 heteroatoms. The van der Waals surface area contributed by atoms with E-state index in [9.17, 15) is 9.90 Å². The average molecular weight is 428 g/mol. The van der Waals surface area contributed by atoms with E-state index < -0.39 is 0 Å². The second-order valence-electron chi connectivity index (χ2n) is 7.82. The third-order valence-electron chi connectivity index (χ3n) is 5.69. The largest absolute Gasteiger partial charge is 0.481 e. The predicted molar refractivity (Wildman–Crippen MR) is 122 cm³/mol. The summed E-state index contributed by atoms with van der Waals surface area (Å²) in [4.78, 5) is 16.4. The van der Waals surface area contributed by atoms with Crippen LogP contribution in [0.15, 0.2) is 66.7 Å². The van der Waals surface area contributed by atoms with Gasteiger partial charge < -0.3 is 14.7 Å². The zero-order valence-corrected chi connectivity index (χ0v) is 17.6. The van der Waals surface area contributed by atoms with Crippen molar-refractivity contribution in [3.8, 4) is 11.4 Å². The van der Waals surface area contributed by atoms with Gasteiger partial charge in [0, 0.05) is 18.8 Å². The molecule has 1 amide bonds. The first-order chi connectivity index (χ1) is 15.7. The van der Waals surface area contributed by atoms with Crippen LogP contribution in [0.5, 0.6) is 5.75 Å². The summed E-state index contributed by atoms with van der Waals surface area (Å²) in [6.07, 6.45) is 2.43. The van der Waals surface area contributed by atoms with E-state index in [1.807, 2.05) is 60.7 Å². The Balaban J connectivity index is 1.42. The monoisotopic (exact) mass is 428 g/mol. The maximum absolute atomic E-state index is 13.0. The molecule has 0 saturated heterocycles. The molecule has 0 radical (unpaired) electrons. The normalized spacial score (nSPS) is 13.2. The molecule has 0 atom stereocenters. The highest BCUT2D eigenvalue weighted by atomic mass is 16.5. The molecule has 0 bridgehead atoms. The Bertz CT molecular complexity index is 1230. The van der Waals surface area contributed by atoms with Crippen LogP contribution in [0.25, 0.3) is 16.7 Å². The molecule has 3 aromatic carbocycles. The van der Waals surface area contributed by atoms with Crippen LogP contribution in [0.2, 0.25) is 0 Å². The Hall–Kier alpha value is -3.71. The Kier molecular flexibility index (Phi) is 5.56. The van der Waals surface area contributed by atoms with E-state index in [0.29, 0.717) is 24.4 Å². The number of carbonyl (C=O) groups is 1. The van der Waals surface area contributed by atoms with Gasteiger partial charge in [-0.05, 0) is 60.7 Å².